The molecule has 0 radical (unpaired) electrons. The van der Waals surface area contributed by atoms with Crippen LogP contribution in [0.4, 0.5) is 10.5 Å². The van der Waals surface area contributed by atoms with Crippen molar-refractivity contribution in [2.45, 2.75) is 46.2 Å². The fourth-order valence-electron chi connectivity index (χ4n) is 2.12. The van der Waals surface area contributed by atoms with Gasteiger partial charge in [0.1, 0.15) is 11.8 Å². The minimum Gasteiger partial charge on any atom is -0.441 e. The van der Waals surface area contributed by atoms with Crippen LogP contribution in [0.3, 0.4) is 0 Å². The summed E-state index contributed by atoms with van der Waals surface area (Å²) in [6.07, 6.45) is 2.47. The van der Waals surface area contributed by atoms with Gasteiger partial charge in [0.2, 0.25) is 11.8 Å². The summed E-state index contributed by atoms with van der Waals surface area (Å²) < 4.78 is 5.48. The van der Waals surface area contributed by atoms with Crippen molar-refractivity contribution in [2.75, 3.05) is 5.32 Å². The predicted molar refractivity (Wildman–Crippen MR) is 96.2 cm³/mol. The van der Waals surface area contributed by atoms with Crippen LogP contribution < -0.4 is 16.0 Å². The summed E-state index contributed by atoms with van der Waals surface area (Å²) in [4.78, 5) is 28.2. The van der Waals surface area contributed by atoms with Crippen LogP contribution in [0.2, 0.25) is 0 Å². The number of anilines is 1. The highest BCUT2D eigenvalue weighted by Crippen LogP contribution is 2.22. The van der Waals surface area contributed by atoms with E-state index < -0.39 is 12.1 Å². The highest BCUT2D eigenvalue weighted by atomic mass is 16.4. The SMILES string of the molecule is CC[C@H](C)NC(=O)[C@H](C)NC(=O)Nc1cccc(-c2ncc(C)o2)c1. The Morgan fingerprint density at radius 1 is 1.24 bits per heavy atom. The first-order valence-electron chi connectivity index (χ1n) is 8.29. The Morgan fingerprint density at radius 2 is 2.00 bits per heavy atom. The van der Waals surface area contributed by atoms with Gasteiger partial charge in [-0.25, -0.2) is 9.78 Å². The van der Waals surface area contributed by atoms with E-state index in [1.54, 1.807) is 31.3 Å². The van der Waals surface area contributed by atoms with Crippen molar-refractivity contribution in [2.24, 2.45) is 0 Å². The quantitative estimate of drug-likeness (QED) is 0.750. The Bertz CT molecular complexity index is 741. The van der Waals surface area contributed by atoms with Crippen molar-refractivity contribution in [1.82, 2.24) is 15.6 Å². The Hall–Kier alpha value is -2.83. The summed E-state index contributed by atoms with van der Waals surface area (Å²) in [5, 5.41) is 8.16. The van der Waals surface area contributed by atoms with Gasteiger partial charge in [0.25, 0.3) is 0 Å². The van der Waals surface area contributed by atoms with Crippen LogP contribution in [-0.4, -0.2) is 29.0 Å². The van der Waals surface area contributed by atoms with E-state index >= 15 is 0 Å². The van der Waals surface area contributed by atoms with Crippen molar-refractivity contribution >= 4 is 17.6 Å². The Kier molecular flexibility index (Phi) is 6.16. The third-order valence-corrected chi connectivity index (χ3v) is 3.73. The van der Waals surface area contributed by atoms with Crippen LogP contribution in [0.1, 0.15) is 33.0 Å². The minimum absolute atomic E-state index is 0.0701. The van der Waals surface area contributed by atoms with Crippen LogP contribution in [0.15, 0.2) is 34.9 Å². The fraction of sp³-hybridized carbons (Fsp3) is 0.389. The van der Waals surface area contributed by atoms with Gasteiger partial charge in [-0.3, -0.25) is 4.79 Å². The van der Waals surface area contributed by atoms with E-state index in [1.165, 1.54) is 0 Å². The maximum atomic E-state index is 12.1. The molecule has 0 aliphatic rings. The second-order valence-electron chi connectivity index (χ2n) is 5.99. The largest absolute Gasteiger partial charge is 0.441 e. The zero-order chi connectivity index (χ0) is 18.4. The summed E-state index contributed by atoms with van der Waals surface area (Å²) in [6, 6.07) is 6.14. The average molecular weight is 344 g/mol. The maximum absolute atomic E-state index is 12.1. The van der Waals surface area contributed by atoms with E-state index in [4.69, 9.17) is 4.42 Å². The molecule has 2 aromatic rings. The molecule has 7 heteroatoms. The monoisotopic (exact) mass is 344 g/mol. The molecule has 1 aromatic carbocycles. The van der Waals surface area contributed by atoms with Crippen molar-refractivity contribution in [3.05, 3.63) is 36.2 Å². The molecule has 134 valence electrons. The van der Waals surface area contributed by atoms with Gasteiger partial charge in [-0.05, 0) is 45.4 Å². The third kappa shape index (κ3) is 5.34. The smallest absolute Gasteiger partial charge is 0.319 e. The van der Waals surface area contributed by atoms with E-state index in [0.29, 0.717) is 17.3 Å². The first-order chi connectivity index (χ1) is 11.9. The molecule has 0 bridgehead atoms. The standard InChI is InChI=1S/C18H24N4O3/c1-5-11(2)20-16(23)13(4)21-18(24)22-15-8-6-7-14(9-15)17-19-10-12(3)25-17/h6-11,13H,5H2,1-4H3,(H,20,23)(H2,21,22,24)/t11-,13-/m0/s1. The first kappa shape index (κ1) is 18.5. The lowest BCUT2D eigenvalue weighted by Gasteiger charge is -2.17. The van der Waals surface area contributed by atoms with Gasteiger partial charge >= 0.3 is 6.03 Å². The molecule has 1 heterocycles. The number of urea groups is 1. The van der Waals surface area contributed by atoms with Gasteiger partial charge in [-0.1, -0.05) is 13.0 Å². The van der Waals surface area contributed by atoms with Crippen molar-refractivity contribution < 1.29 is 14.0 Å². The van der Waals surface area contributed by atoms with Gasteiger partial charge in [-0.2, -0.15) is 0 Å². The molecule has 3 amide bonds. The molecule has 0 spiro atoms. The lowest BCUT2D eigenvalue weighted by Crippen LogP contribution is -2.48. The van der Waals surface area contributed by atoms with Gasteiger partial charge in [-0.15, -0.1) is 0 Å². The van der Waals surface area contributed by atoms with Gasteiger partial charge in [0.05, 0.1) is 6.20 Å². The molecule has 0 saturated carbocycles. The number of nitrogens with zero attached hydrogens (tertiary/aromatic N) is 1. The molecule has 25 heavy (non-hydrogen) atoms. The summed E-state index contributed by atoms with van der Waals surface area (Å²) in [5.41, 5.74) is 1.34. The number of carbonyl (C=O) groups is 2. The third-order valence-electron chi connectivity index (χ3n) is 3.73. The van der Waals surface area contributed by atoms with E-state index in [2.05, 4.69) is 20.9 Å². The number of nitrogens with one attached hydrogen (secondary N) is 3. The Balaban J connectivity index is 1.95. The number of aryl methyl sites for hydroxylation is 1. The lowest BCUT2D eigenvalue weighted by molar-refractivity contribution is -0.123. The second kappa shape index (κ2) is 8.32. The number of benzene rings is 1. The zero-order valence-electron chi connectivity index (χ0n) is 14.9. The number of oxazole rings is 1. The van der Waals surface area contributed by atoms with Gasteiger partial charge in [0.15, 0.2) is 0 Å². The van der Waals surface area contributed by atoms with Crippen LogP contribution in [0, 0.1) is 6.92 Å². The summed E-state index contributed by atoms with van der Waals surface area (Å²) in [7, 11) is 0. The molecule has 2 rings (SSSR count). The molecule has 0 saturated heterocycles. The second-order valence-corrected chi connectivity index (χ2v) is 5.99. The first-order valence-corrected chi connectivity index (χ1v) is 8.29. The molecule has 0 fully saturated rings. The van der Waals surface area contributed by atoms with E-state index in [1.807, 2.05) is 26.8 Å². The highest BCUT2D eigenvalue weighted by Gasteiger charge is 2.17. The van der Waals surface area contributed by atoms with Crippen molar-refractivity contribution in [1.29, 1.82) is 0 Å². The summed E-state index contributed by atoms with van der Waals surface area (Å²) in [6.45, 7) is 7.36. The van der Waals surface area contributed by atoms with Crippen molar-refractivity contribution in [3.63, 3.8) is 0 Å². The van der Waals surface area contributed by atoms with Gasteiger partial charge < -0.3 is 20.4 Å². The summed E-state index contributed by atoms with van der Waals surface area (Å²) in [5.74, 6) is 0.989. The molecular formula is C18H24N4O3. The summed E-state index contributed by atoms with van der Waals surface area (Å²) >= 11 is 0. The fourth-order valence-corrected chi connectivity index (χ4v) is 2.12. The molecule has 2 atom stereocenters. The van der Waals surface area contributed by atoms with Crippen LogP contribution in [0.5, 0.6) is 0 Å². The van der Waals surface area contributed by atoms with Crippen LogP contribution >= 0.6 is 0 Å². The van der Waals surface area contributed by atoms with Gasteiger partial charge in [0, 0.05) is 17.3 Å². The lowest BCUT2D eigenvalue weighted by atomic mass is 10.2. The van der Waals surface area contributed by atoms with Crippen LogP contribution in [0.25, 0.3) is 11.5 Å². The Labute approximate surface area is 147 Å². The highest BCUT2D eigenvalue weighted by molar-refractivity contribution is 5.94. The molecule has 3 N–H and O–H groups in total. The topological polar surface area (TPSA) is 96.3 Å². The molecule has 0 unspecified atom stereocenters. The number of hydrogen-bond donors (Lipinski definition) is 3. The molecule has 0 aliphatic heterocycles. The predicted octanol–water partition coefficient (Wildman–Crippen LogP) is 3.07. The number of carbonyl (C=O) groups excluding carboxylic acids is 2. The minimum atomic E-state index is -0.633. The number of rotatable bonds is 6. The molecular weight excluding hydrogens is 320 g/mol. The maximum Gasteiger partial charge on any atom is 0.319 e. The molecule has 0 aliphatic carbocycles. The zero-order valence-corrected chi connectivity index (χ0v) is 14.9. The molecule has 1 aromatic heterocycles. The number of hydrogen-bond acceptors (Lipinski definition) is 4. The average Bonchev–Trinajstić information content (AvgIpc) is 3.01. The van der Waals surface area contributed by atoms with E-state index in [9.17, 15) is 9.59 Å². The van der Waals surface area contributed by atoms with Crippen molar-refractivity contribution in [3.8, 4) is 11.5 Å². The normalized spacial score (nSPS) is 13.0. The van der Waals surface area contributed by atoms with E-state index in [-0.39, 0.29) is 11.9 Å². The Morgan fingerprint density at radius 3 is 2.64 bits per heavy atom. The molecule has 7 nitrogen and oxygen atoms in total. The number of amides is 3. The van der Waals surface area contributed by atoms with Crippen LogP contribution in [-0.2, 0) is 4.79 Å². The van der Waals surface area contributed by atoms with E-state index in [0.717, 1.165) is 12.0 Å². The number of aromatic nitrogens is 1.